The van der Waals surface area contributed by atoms with Gasteiger partial charge in [0.1, 0.15) is 13.2 Å². The van der Waals surface area contributed by atoms with Crippen LogP contribution < -0.4 is 5.32 Å². The number of alkyl carbamates (subject to hydrolysis) is 1. The topological polar surface area (TPSA) is 137 Å². The number of carboxylic acids is 1. The van der Waals surface area contributed by atoms with Crippen LogP contribution in [0.4, 0.5) is 4.79 Å². The second kappa shape index (κ2) is 14.7. The molecule has 0 fully saturated rings. The van der Waals surface area contributed by atoms with Gasteiger partial charge in [0.2, 0.25) is 5.78 Å². The van der Waals surface area contributed by atoms with Crippen LogP contribution in [0.2, 0.25) is 0 Å². The fourth-order valence-corrected chi connectivity index (χ4v) is 3.95. The van der Waals surface area contributed by atoms with E-state index in [-0.39, 0.29) is 38.6 Å². The van der Waals surface area contributed by atoms with E-state index >= 15 is 0 Å². The van der Waals surface area contributed by atoms with Gasteiger partial charge in [-0.2, -0.15) is 0 Å². The molecule has 1 aliphatic rings. The zero-order valence-corrected chi connectivity index (χ0v) is 20.5. The molecule has 198 valence electrons. The first kappa shape index (κ1) is 27.8. The molecule has 2 aromatic rings. The number of Topliss-reactive ketones (excluding diaryl/α,β-unsaturated/α-hetero) is 1. The zero-order chi connectivity index (χ0) is 26.5. The molecular weight excluding hydrogens is 482 g/mol. The number of hydrogen-bond acceptors (Lipinski definition) is 8. The van der Waals surface area contributed by atoms with Gasteiger partial charge in [-0.15, -0.1) is 0 Å². The average molecular weight is 514 g/mol. The molecule has 0 bridgehead atoms. The van der Waals surface area contributed by atoms with E-state index in [0.717, 1.165) is 11.1 Å². The van der Waals surface area contributed by atoms with E-state index in [1.54, 1.807) is 0 Å². The Bertz CT molecular complexity index is 1040. The molecule has 10 nitrogen and oxygen atoms in total. The Morgan fingerprint density at radius 2 is 1.35 bits per heavy atom. The van der Waals surface area contributed by atoms with E-state index < -0.39 is 23.8 Å². The van der Waals surface area contributed by atoms with Crippen LogP contribution in [-0.4, -0.2) is 75.1 Å². The Morgan fingerprint density at radius 3 is 2.00 bits per heavy atom. The number of amides is 1. The number of fused-ring (bicyclic) bond motifs is 3. The van der Waals surface area contributed by atoms with E-state index in [1.807, 2.05) is 24.3 Å². The number of benzene rings is 2. The summed E-state index contributed by atoms with van der Waals surface area (Å²) in [5.41, 5.74) is 4.69. The van der Waals surface area contributed by atoms with Crippen LogP contribution in [0, 0.1) is 0 Å². The molecule has 0 spiro atoms. The molecular formula is C27H31NO9. The maximum absolute atomic E-state index is 12.1. The van der Waals surface area contributed by atoms with Gasteiger partial charge < -0.3 is 29.4 Å². The van der Waals surface area contributed by atoms with Crippen molar-refractivity contribution in [2.24, 2.45) is 0 Å². The molecule has 0 aromatic heterocycles. The highest BCUT2D eigenvalue weighted by Gasteiger charge is 2.28. The quantitative estimate of drug-likeness (QED) is 0.197. The van der Waals surface area contributed by atoms with Crippen molar-refractivity contribution in [1.82, 2.24) is 5.32 Å². The van der Waals surface area contributed by atoms with Crippen LogP contribution in [0.25, 0.3) is 11.1 Å². The second-order valence-electron chi connectivity index (χ2n) is 8.28. The number of hydrogen-bond donors (Lipinski definition) is 2. The Balaban J connectivity index is 1.18. The molecule has 0 aliphatic heterocycles. The number of rotatable bonds is 16. The summed E-state index contributed by atoms with van der Waals surface area (Å²) in [5.74, 6) is -3.23. The van der Waals surface area contributed by atoms with Crippen LogP contribution in [-0.2, 0) is 33.3 Å². The Kier molecular flexibility index (Phi) is 11.1. The summed E-state index contributed by atoms with van der Waals surface area (Å²) >= 11 is 0. The smallest absolute Gasteiger partial charge is 0.407 e. The van der Waals surface area contributed by atoms with Crippen molar-refractivity contribution >= 4 is 23.8 Å². The number of nitrogens with one attached hydrogen (secondary N) is 1. The number of esters is 1. The summed E-state index contributed by atoms with van der Waals surface area (Å²) in [6.07, 6.45) is -0.527. The molecule has 2 aromatic carbocycles. The third-order valence-corrected chi connectivity index (χ3v) is 5.74. The van der Waals surface area contributed by atoms with Crippen LogP contribution in [0.1, 0.15) is 36.3 Å². The number of aliphatic carboxylic acids is 1. The molecule has 1 aliphatic carbocycles. The van der Waals surface area contributed by atoms with Crippen LogP contribution in [0.3, 0.4) is 0 Å². The van der Waals surface area contributed by atoms with E-state index in [9.17, 15) is 19.2 Å². The first-order valence-electron chi connectivity index (χ1n) is 12.1. The summed E-state index contributed by atoms with van der Waals surface area (Å²) < 4.78 is 21.0. The van der Waals surface area contributed by atoms with Crippen molar-refractivity contribution in [3.05, 3.63) is 59.7 Å². The molecule has 0 atom stereocenters. The minimum atomic E-state index is -1.57. The highest BCUT2D eigenvalue weighted by molar-refractivity contribution is 6.32. The molecule has 0 saturated heterocycles. The molecule has 2 N–H and O–H groups in total. The van der Waals surface area contributed by atoms with Crippen LogP contribution >= 0.6 is 0 Å². The summed E-state index contributed by atoms with van der Waals surface area (Å²) in [5, 5.41) is 11.2. The highest BCUT2D eigenvalue weighted by Crippen LogP contribution is 2.44. The molecule has 0 unspecified atom stereocenters. The van der Waals surface area contributed by atoms with Gasteiger partial charge in [-0.3, -0.25) is 9.59 Å². The van der Waals surface area contributed by atoms with Crippen molar-refractivity contribution in [3.8, 4) is 11.1 Å². The van der Waals surface area contributed by atoms with Gasteiger partial charge in [0.05, 0.1) is 26.2 Å². The molecule has 3 rings (SSSR count). The van der Waals surface area contributed by atoms with E-state index in [2.05, 4.69) is 29.6 Å². The van der Waals surface area contributed by atoms with Gasteiger partial charge in [-0.25, -0.2) is 9.59 Å². The molecule has 0 heterocycles. The highest BCUT2D eigenvalue weighted by atomic mass is 16.6. The van der Waals surface area contributed by atoms with Gasteiger partial charge >= 0.3 is 18.0 Å². The summed E-state index contributed by atoms with van der Waals surface area (Å²) in [6, 6.07) is 16.3. The Morgan fingerprint density at radius 1 is 0.757 bits per heavy atom. The first-order valence-corrected chi connectivity index (χ1v) is 12.1. The van der Waals surface area contributed by atoms with Crippen LogP contribution in [0.15, 0.2) is 48.5 Å². The third-order valence-electron chi connectivity index (χ3n) is 5.74. The minimum absolute atomic E-state index is 0.00412. The van der Waals surface area contributed by atoms with Crippen molar-refractivity contribution in [1.29, 1.82) is 0 Å². The number of carboxylic acid groups (broad SMARTS) is 1. The summed E-state index contributed by atoms with van der Waals surface area (Å²) in [4.78, 5) is 44.8. The number of carbonyl (C=O) groups is 4. The van der Waals surface area contributed by atoms with Crippen molar-refractivity contribution in [2.75, 3.05) is 46.2 Å². The maximum Gasteiger partial charge on any atom is 0.407 e. The van der Waals surface area contributed by atoms with Gasteiger partial charge in [0.25, 0.3) is 0 Å². The minimum Gasteiger partial charge on any atom is -0.476 e. The van der Waals surface area contributed by atoms with Crippen molar-refractivity contribution in [2.45, 2.75) is 25.2 Å². The number of carbonyl (C=O) groups excluding carboxylic acids is 3. The normalized spacial score (nSPS) is 11.9. The maximum atomic E-state index is 12.1. The standard InChI is InChI=1S/C27H31NO9/c29-24(26(31)32)10-11-25(30)36-17-16-35-15-14-34-13-5-12-28-27(33)37-18-23-21-8-3-1-6-19(21)20-7-2-4-9-22(20)23/h1-4,6-9,23H,5,10-18H2,(H,28,33)(H,31,32). The summed E-state index contributed by atoms with van der Waals surface area (Å²) in [6.45, 7) is 1.91. The second-order valence-corrected chi connectivity index (χ2v) is 8.28. The Hall–Kier alpha value is -3.76. The van der Waals surface area contributed by atoms with Gasteiger partial charge in [0, 0.05) is 25.5 Å². The zero-order valence-electron chi connectivity index (χ0n) is 20.5. The molecule has 10 heteroatoms. The van der Waals surface area contributed by atoms with Gasteiger partial charge in [-0.1, -0.05) is 48.5 Å². The summed E-state index contributed by atoms with van der Waals surface area (Å²) in [7, 11) is 0. The number of ether oxygens (including phenoxy) is 4. The Labute approximate surface area is 214 Å². The van der Waals surface area contributed by atoms with Gasteiger partial charge in [0.15, 0.2) is 0 Å². The van der Waals surface area contributed by atoms with Crippen LogP contribution in [0.5, 0.6) is 0 Å². The molecule has 0 radical (unpaired) electrons. The van der Waals surface area contributed by atoms with E-state index in [1.165, 1.54) is 11.1 Å². The first-order chi connectivity index (χ1) is 18.0. The third kappa shape index (κ3) is 8.69. The monoisotopic (exact) mass is 513 g/mol. The lowest BCUT2D eigenvalue weighted by molar-refractivity contribution is -0.151. The van der Waals surface area contributed by atoms with Crippen molar-refractivity contribution in [3.63, 3.8) is 0 Å². The molecule has 0 saturated carbocycles. The molecule has 37 heavy (non-hydrogen) atoms. The number of ketones is 1. The lowest BCUT2D eigenvalue weighted by Crippen LogP contribution is -2.27. The predicted molar refractivity (Wildman–Crippen MR) is 132 cm³/mol. The largest absolute Gasteiger partial charge is 0.476 e. The lowest BCUT2D eigenvalue weighted by Gasteiger charge is -2.14. The van der Waals surface area contributed by atoms with Crippen molar-refractivity contribution < 1.29 is 43.2 Å². The lowest BCUT2D eigenvalue weighted by atomic mass is 9.98. The predicted octanol–water partition coefficient (Wildman–Crippen LogP) is 2.93. The fraction of sp³-hybridized carbons (Fsp3) is 0.407. The van der Waals surface area contributed by atoms with E-state index in [4.69, 9.17) is 24.1 Å². The van der Waals surface area contributed by atoms with Gasteiger partial charge in [-0.05, 0) is 28.7 Å². The SMILES string of the molecule is O=C(CCC(=O)C(=O)O)OCCOCCOCCCNC(=O)OCC1c2ccccc2-c2ccccc21. The fourth-order valence-electron chi connectivity index (χ4n) is 3.95. The van der Waals surface area contributed by atoms with E-state index in [0.29, 0.717) is 32.8 Å². The average Bonchev–Trinajstić information content (AvgIpc) is 3.22. The molecule has 1 amide bonds.